The number of hydrogen-bond donors (Lipinski definition) is 0. The van der Waals surface area contributed by atoms with Crippen molar-refractivity contribution in [3.05, 3.63) is 0 Å². The highest BCUT2D eigenvalue weighted by molar-refractivity contribution is 8.22. The summed E-state index contributed by atoms with van der Waals surface area (Å²) in [5, 5.41) is -0.286. The van der Waals surface area contributed by atoms with Crippen molar-refractivity contribution >= 4 is 31.7 Å². The van der Waals surface area contributed by atoms with E-state index in [0.717, 1.165) is 45.4 Å². The number of unbranched alkanes of at least 4 members (excludes halogenated alkanes) is 1. The van der Waals surface area contributed by atoms with Crippen LogP contribution in [0.3, 0.4) is 0 Å². The molecule has 0 N–H and O–H groups in total. The van der Waals surface area contributed by atoms with Crippen LogP contribution in [0.2, 0.25) is 6.55 Å². The molecule has 2 atom stereocenters. The van der Waals surface area contributed by atoms with E-state index in [4.69, 9.17) is 4.43 Å². The second-order valence-electron chi connectivity index (χ2n) is 6.75. The maximum Gasteiger partial charge on any atom is 0.257 e. The number of hydrogen-bond acceptors (Lipinski definition) is 6. The van der Waals surface area contributed by atoms with Gasteiger partial charge in [-0.25, -0.2) is 0 Å². The molecule has 1 fully saturated rings. The van der Waals surface area contributed by atoms with Crippen LogP contribution in [0.5, 0.6) is 0 Å². The second kappa shape index (κ2) is 9.64. The Morgan fingerprint density at radius 1 is 1.04 bits per heavy atom. The second-order valence-corrected chi connectivity index (χ2v) is 11.0. The molecule has 1 aliphatic heterocycles. The molecule has 0 amide bonds. The molecule has 0 spiro atoms. The fraction of sp³-hybridized carbons (Fsp3) is 0.889. The molecule has 25 heavy (non-hydrogen) atoms. The molecule has 5 nitrogen and oxygen atoms in total. The normalized spacial score (nSPS) is 22.6. The number of thioether (sulfide) groups is 1. The molecule has 2 unspecified atom stereocenters. The molecule has 1 aliphatic rings. The molecule has 1 heterocycles. The van der Waals surface area contributed by atoms with E-state index in [1.165, 1.54) is 11.8 Å². The van der Waals surface area contributed by atoms with Gasteiger partial charge >= 0.3 is 0 Å². The van der Waals surface area contributed by atoms with Crippen LogP contribution in [0.15, 0.2) is 0 Å². The van der Waals surface area contributed by atoms with Gasteiger partial charge in [-0.3, -0.25) is 19.4 Å². The highest BCUT2D eigenvalue weighted by Gasteiger charge is 2.60. The Bertz CT molecular complexity index is 457. The summed E-state index contributed by atoms with van der Waals surface area (Å²) in [6.07, 6.45) is 2.74. The van der Waals surface area contributed by atoms with Crippen molar-refractivity contribution in [2.24, 2.45) is 0 Å². The van der Waals surface area contributed by atoms with Gasteiger partial charge in [-0.1, -0.05) is 59.2 Å². The van der Waals surface area contributed by atoms with E-state index >= 15 is 0 Å². The molecule has 0 saturated carbocycles. The average molecular weight is 389 g/mol. The lowest BCUT2D eigenvalue weighted by molar-refractivity contribution is -0.183. The zero-order valence-corrected chi connectivity index (χ0v) is 19.0. The van der Waals surface area contributed by atoms with Crippen LogP contribution >= 0.6 is 11.8 Å². The van der Waals surface area contributed by atoms with Gasteiger partial charge in [-0.2, -0.15) is 0 Å². The van der Waals surface area contributed by atoms with Gasteiger partial charge < -0.3 is 4.43 Å². The highest BCUT2D eigenvalue weighted by Crippen LogP contribution is 2.46. The predicted octanol–water partition coefficient (Wildman–Crippen LogP) is 3.02. The van der Waals surface area contributed by atoms with Crippen LogP contribution in [-0.4, -0.2) is 66.1 Å². The zero-order valence-electron chi connectivity index (χ0n) is 17.1. The van der Waals surface area contributed by atoms with Crippen LogP contribution in [0.4, 0.5) is 0 Å². The van der Waals surface area contributed by atoms with E-state index in [2.05, 4.69) is 57.9 Å². The lowest BCUT2D eigenvalue weighted by atomic mass is 10.1. The number of rotatable bonds is 12. The standard InChI is InChI=1S/C18H36N2O3SSi/c1-8-13-14-18(15(21)16(22)24-18)25(7)23-17(6,19(9-2)10-3)20(11-4)12-5/h25H,8-14H2,1-7H3. The van der Waals surface area contributed by atoms with Crippen molar-refractivity contribution in [1.82, 2.24) is 9.80 Å². The topological polar surface area (TPSA) is 49.9 Å². The molecule has 146 valence electrons. The van der Waals surface area contributed by atoms with E-state index in [0.29, 0.717) is 0 Å². The summed E-state index contributed by atoms with van der Waals surface area (Å²) in [5.74, 6) is -0.733. The fourth-order valence-corrected chi connectivity index (χ4v) is 8.25. The van der Waals surface area contributed by atoms with E-state index < -0.39 is 19.3 Å². The third-order valence-corrected chi connectivity index (χ3v) is 10.6. The molecule has 0 aromatic carbocycles. The SMILES string of the molecule is CCCCC1([SiH](C)OC(C)(N(CC)CC)N(CC)CC)SC(=O)C1=O. The van der Waals surface area contributed by atoms with Crippen molar-refractivity contribution < 1.29 is 14.0 Å². The van der Waals surface area contributed by atoms with Gasteiger partial charge in [-0.05, 0) is 46.1 Å². The largest absolute Gasteiger partial charge is 0.389 e. The third-order valence-electron chi connectivity index (χ3n) is 5.50. The Labute approximate surface area is 159 Å². The first-order valence-corrected chi connectivity index (χ1v) is 12.7. The van der Waals surface area contributed by atoms with Gasteiger partial charge in [-0.15, -0.1) is 0 Å². The van der Waals surface area contributed by atoms with Crippen molar-refractivity contribution in [3.63, 3.8) is 0 Å². The molecule has 0 radical (unpaired) electrons. The van der Waals surface area contributed by atoms with Crippen molar-refractivity contribution in [1.29, 1.82) is 0 Å². The summed E-state index contributed by atoms with van der Waals surface area (Å²) in [4.78, 5) is 28.8. The Morgan fingerprint density at radius 2 is 1.52 bits per heavy atom. The summed E-state index contributed by atoms with van der Waals surface area (Å²) in [7, 11) is -1.96. The van der Waals surface area contributed by atoms with Crippen LogP contribution < -0.4 is 0 Å². The average Bonchev–Trinajstić information content (AvgIpc) is 2.59. The van der Waals surface area contributed by atoms with Crippen molar-refractivity contribution in [3.8, 4) is 0 Å². The van der Waals surface area contributed by atoms with Gasteiger partial charge in [0.1, 0.15) is 4.37 Å². The van der Waals surface area contributed by atoms with Crippen LogP contribution in [-0.2, 0) is 14.0 Å². The number of carbonyl (C=O) groups is 2. The van der Waals surface area contributed by atoms with Gasteiger partial charge in [0.15, 0.2) is 5.85 Å². The van der Waals surface area contributed by atoms with E-state index in [1.54, 1.807) is 0 Å². The first kappa shape index (κ1) is 22.8. The monoisotopic (exact) mass is 388 g/mol. The van der Waals surface area contributed by atoms with Crippen LogP contribution in [0.1, 0.15) is 60.8 Å². The lowest BCUT2D eigenvalue weighted by Gasteiger charge is -2.52. The number of ketones is 1. The molecule has 0 aromatic rings. The molecule has 0 bridgehead atoms. The summed E-state index contributed by atoms with van der Waals surface area (Å²) in [6.45, 7) is 18.4. The van der Waals surface area contributed by atoms with E-state index in [1.807, 2.05) is 0 Å². The predicted molar refractivity (Wildman–Crippen MR) is 108 cm³/mol. The van der Waals surface area contributed by atoms with Gasteiger partial charge in [0.25, 0.3) is 5.12 Å². The molecule has 0 aromatic heterocycles. The number of Topliss-reactive ketones (excluding diaryl/α,β-unsaturated/α-hetero) is 1. The minimum atomic E-state index is -1.96. The minimum Gasteiger partial charge on any atom is -0.389 e. The first-order valence-electron chi connectivity index (χ1n) is 9.72. The summed E-state index contributed by atoms with van der Waals surface area (Å²) < 4.78 is 6.17. The van der Waals surface area contributed by atoms with Crippen molar-refractivity contribution in [2.45, 2.75) is 77.6 Å². The Morgan fingerprint density at radius 3 is 1.84 bits per heavy atom. The molecule has 1 rings (SSSR count). The number of nitrogens with zero attached hydrogens (tertiary/aromatic N) is 2. The quantitative estimate of drug-likeness (QED) is 0.291. The van der Waals surface area contributed by atoms with Gasteiger partial charge in [0.2, 0.25) is 14.8 Å². The first-order chi connectivity index (χ1) is 11.8. The van der Waals surface area contributed by atoms with Crippen LogP contribution in [0, 0.1) is 0 Å². The molecule has 7 heteroatoms. The van der Waals surface area contributed by atoms with Gasteiger partial charge in [0.05, 0.1) is 0 Å². The molecule has 1 saturated heterocycles. The Kier molecular flexibility index (Phi) is 8.81. The summed E-state index contributed by atoms with van der Waals surface area (Å²) >= 11 is 1.24. The zero-order chi connectivity index (χ0) is 19.3. The Hall–Kier alpha value is -0.213. The third kappa shape index (κ3) is 4.38. The lowest BCUT2D eigenvalue weighted by Crippen LogP contribution is -2.67. The Balaban J connectivity index is 3.12. The summed E-state index contributed by atoms with van der Waals surface area (Å²) in [6, 6.07) is 0. The molecular weight excluding hydrogens is 352 g/mol. The summed E-state index contributed by atoms with van der Waals surface area (Å²) in [5.41, 5.74) is 0. The fourth-order valence-electron chi connectivity index (χ4n) is 3.86. The van der Waals surface area contributed by atoms with E-state index in [9.17, 15) is 9.59 Å². The molecular formula is C18H36N2O3SSi. The minimum absolute atomic E-state index is 0.202. The van der Waals surface area contributed by atoms with E-state index in [-0.39, 0.29) is 10.9 Å². The highest BCUT2D eigenvalue weighted by atomic mass is 32.2. The van der Waals surface area contributed by atoms with Crippen LogP contribution in [0.25, 0.3) is 0 Å². The molecule has 0 aliphatic carbocycles. The smallest absolute Gasteiger partial charge is 0.257 e. The maximum absolute atomic E-state index is 12.5. The maximum atomic E-state index is 12.5. The number of carbonyl (C=O) groups excluding carboxylic acids is 2. The van der Waals surface area contributed by atoms with Crippen molar-refractivity contribution in [2.75, 3.05) is 26.2 Å². The van der Waals surface area contributed by atoms with Gasteiger partial charge in [0, 0.05) is 0 Å².